The maximum atomic E-state index is 5.62. The van der Waals surface area contributed by atoms with Crippen molar-refractivity contribution < 1.29 is 9.47 Å². The van der Waals surface area contributed by atoms with Crippen molar-refractivity contribution >= 4 is 17.2 Å². The van der Waals surface area contributed by atoms with Gasteiger partial charge >= 0.3 is 0 Å². The van der Waals surface area contributed by atoms with Crippen molar-refractivity contribution in [2.45, 2.75) is 33.4 Å². The molecule has 0 spiro atoms. The van der Waals surface area contributed by atoms with Crippen LogP contribution in [-0.2, 0) is 0 Å². The molecule has 1 aromatic rings. The van der Waals surface area contributed by atoms with E-state index in [4.69, 9.17) is 9.47 Å². The number of nitrogens with one attached hydrogen (secondary N) is 1. The molecule has 0 amide bonds. The first-order valence-corrected chi connectivity index (χ1v) is 9.16. The number of ether oxygens (including phenoxy) is 2. The lowest BCUT2D eigenvalue weighted by molar-refractivity contribution is 0.212. The maximum absolute atomic E-state index is 5.62. The second kappa shape index (κ2) is 7.81. The second-order valence-electron chi connectivity index (χ2n) is 6.50. The van der Waals surface area contributed by atoms with Crippen LogP contribution in [0, 0.1) is 5.92 Å². The largest absolute Gasteiger partial charge is 0.497 e. The van der Waals surface area contributed by atoms with Crippen LogP contribution in [0.25, 0.3) is 5.57 Å². The molecular formula is C20H28N4O2. The Morgan fingerprint density at radius 3 is 2.73 bits per heavy atom. The summed E-state index contributed by atoms with van der Waals surface area (Å²) < 4.78 is 10.9. The van der Waals surface area contributed by atoms with Gasteiger partial charge in [-0.3, -0.25) is 4.99 Å². The summed E-state index contributed by atoms with van der Waals surface area (Å²) in [7, 11) is 3.37. The summed E-state index contributed by atoms with van der Waals surface area (Å²) in [6, 6.07) is 5.99. The normalized spacial score (nSPS) is 23.7. The molecule has 0 saturated heterocycles. The Kier molecular flexibility index (Phi) is 5.49. The number of nitrogens with zero attached hydrogens (tertiary/aromatic N) is 3. The lowest BCUT2D eigenvalue weighted by Crippen LogP contribution is -2.56. The van der Waals surface area contributed by atoms with E-state index in [1.165, 1.54) is 5.57 Å². The van der Waals surface area contributed by atoms with Crippen LogP contribution in [0.4, 0.5) is 0 Å². The number of allylic oxidation sites excluding steroid dienone is 1. The van der Waals surface area contributed by atoms with Gasteiger partial charge in [-0.1, -0.05) is 0 Å². The molecule has 6 heteroatoms. The van der Waals surface area contributed by atoms with E-state index in [1.54, 1.807) is 14.2 Å². The van der Waals surface area contributed by atoms with Gasteiger partial charge in [-0.25, -0.2) is 4.99 Å². The van der Waals surface area contributed by atoms with Crippen LogP contribution in [0.15, 0.2) is 34.4 Å². The van der Waals surface area contributed by atoms with E-state index in [0.717, 1.165) is 48.2 Å². The molecule has 0 aliphatic carbocycles. The Morgan fingerprint density at radius 2 is 2.08 bits per heavy atom. The molecule has 0 fully saturated rings. The zero-order chi connectivity index (χ0) is 18.7. The number of methoxy groups -OCH3 is 2. The maximum Gasteiger partial charge on any atom is 0.219 e. The van der Waals surface area contributed by atoms with Crippen molar-refractivity contribution in [3.05, 3.63) is 30.0 Å². The average molecular weight is 356 g/mol. The van der Waals surface area contributed by atoms with E-state index in [2.05, 4.69) is 46.3 Å². The first kappa shape index (κ1) is 18.3. The molecule has 0 saturated carbocycles. The molecule has 6 nitrogen and oxygen atoms in total. The summed E-state index contributed by atoms with van der Waals surface area (Å²) >= 11 is 0. The van der Waals surface area contributed by atoms with Gasteiger partial charge in [0.05, 0.1) is 14.2 Å². The van der Waals surface area contributed by atoms with Crippen molar-refractivity contribution in [3.8, 4) is 11.5 Å². The van der Waals surface area contributed by atoms with Gasteiger partial charge in [0.2, 0.25) is 5.96 Å². The lowest BCUT2D eigenvalue weighted by atomic mass is 9.85. The highest BCUT2D eigenvalue weighted by molar-refractivity contribution is 6.01. The number of benzene rings is 1. The van der Waals surface area contributed by atoms with Gasteiger partial charge in [0.15, 0.2) is 0 Å². The number of guanidine groups is 1. The van der Waals surface area contributed by atoms with Gasteiger partial charge in [0.25, 0.3) is 0 Å². The van der Waals surface area contributed by atoms with Crippen molar-refractivity contribution in [2.75, 3.05) is 27.3 Å². The molecule has 2 aliphatic rings. The minimum Gasteiger partial charge on any atom is -0.497 e. The fourth-order valence-corrected chi connectivity index (χ4v) is 3.65. The molecule has 140 valence electrons. The molecule has 2 unspecified atom stereocenters. The minimum absolute atomic E-state index is 0.191. The van der Waals surface area contributed by atoms with Gasteiger partial charge in [0, 0.05) is 42.5 Å². The predicted octanol–water partition coefficient (Wildman–Crippen LogP) is 3.15. The monoisotopic (exact) mass is 356 g/mol. The summed E-state index contributed by atoms with van der Waals surface area (Å²) in [4.78, 5) is 11.5. The molecular weight excluding hydrogens is 328 g/mol. The van der Waals surface area contributed by atoms with Gasteiger partial charge in [-0.05, 0) is 44.9 Å². The fourth-order valence-electron chi connectivity index (χ4n) is 3.65. The smallest absolute Gasteiger partial charge is 0.219 e. The molecule has 26 heavy (non-hydrogen) atoms. The van der Waals surface area contributed by atoms with E-state index in [0.29, 0.717) is 5.92 Å². The first-order valence-electron chi connectivity index (χ1n) is 9.16. The topological polar surface area (TPSA) is 58.5 Å². The molecule has 0 radical (unpaired) electrons. The van der Waals surface area contributed by atoms with Crippen LogP contribution in [-0.4, -0.2) is 50.0 Å². The zero-order valence-electron chi connectivity index (χ0n) is 16.2. The number of hydrogen-bond acceptors (Lipinski definition) is 4. The average Bonchev–Trinajstić information content (AvgIpc) is 2.67. The third-order valence-electron chi connectivity index (χ3n) is 5.02. The highest BCUT2D eigenvalue weighted by atomic mass is 16.5. The van der Waals surface area contributed by atoms with Crippen molar-refractivity contribution in [1.29, 1.82) is 0 Å². The van der Waals surface area contributed by atoms with Crippen LogP contribution in [0.5, 0.6) is 11.5 Å². The second-order valence-corrected chi connectivity index (χ2v) is 6.50. The minimum atomic E-state index is 0.191. The van der Waals surface area contributed by atoms with Crippen LogP contribution in [0.1, 0.15) is 32.8 Å². The fraction of sp³-hybridized carbons (Fsp3) is 0.500. The summed E-state index contributed by atoms with van der Waals surface area (Å²) in [6.45, 7) is 7.93. The third-order valence-corrected chi connectivity index (χ3v) is 5.02. The highest BCUT2D eigenvalue weighted by Crippen LogP contribution is 2.38. The van der Waals surface area contributed by atoms with Crippen LogP contribution >= 0.6 is 0 Å². The molecule has 1 aromatic carbocycles. The molecule has 2 heterocycles. The van der Waals surface area contributed by atoms with Gasteiger partial charge < -0.3 is 19.7 Å². The summed E-state index contributed by atoms with van der Waals surface area (Å²) in [5.41, 5.74) is 3.48. The Hall–Kier alpha value is -2.50. The number of rotatable bonds is 5. The van der Waals surface area contributed by atoms with E-state index in [9.17, 15) is 0 Å². The van der Waals surface area contributed by atoms with E-state index in [-0.39, 0.29) is 6.17 Å². The number of fused-ring (bicyclic) bond motifs is 1. The van der Waals surface area contributed by atoms with Crippen LogP contribution < -0.4 is 14.8 Å². The predicted molar refractivity (Wildman–Crippen MR) is 106 cm³/mol. The Bertz CT molecular complexity index is 754. The van der Waals surface area contributed by atoms with Crippen molar-refractivity contribution in [1.82, 2.24) is 10.2 Å². The van der Waals surface area contributed by atoms with E-state index < -0.39 is 0 Å². The van der Waals surface area contributed by atoms with Gasteiger partial charge in [-0.15, -0.1) is 0 Å². The lowest BCUT2D eigenvalue weighted by Gasteiger charge is -2.43. The van der Waals surface area contributed by atoms with Gasteiger partial charge in [0.1, 0.15) is 17.7 Å². The highest BCUT2D eigenvalue weighted by Gasteiger charge is 2.36. The SMILES string of the molecule is CCN=C1N=C(C)C2CC(c3ccc(OC)cc3OC)=CN(CC)C2N1. The van der Waals surface area contributed by atoms with E-state index >= 15 is 0 Å². The molecule has 0 bridgehead atoms. The molecule has 2 atom stereocenters. The Morgan fingerprint density at radius 1 is 1.27 bits per heavy atom. The molecule has 0 aromatic heterocycles. The summed E-state index contributed by atoms with van der Waals surface area (Å²) in [5.74, 6) is 2.67. The van der Waals surface area contributed by atoms with Crippen molar-refractivity contribution in [3.63, 3.8) is 0 Å². The van der Waals surface area contributed by atoms with E-state index in [1.807, 2.05) is 19.1 Å². The molecule has 2 aliphatic heterocycles. The molecule has 1 N–H and O–H groups in total. The third kappa shape index (κ3) is 3.41. The Balaban J connectivity index is 1.98. The van der Waals surface area contributed by atoms with Gasteiger partial charge in [-0.2, -0.15) is 0 Å². The first-order chi connectivity index (χ1) is 12.6. The quantitative estimate of drug-likeness (QED) is 0.880. The van der Waals surface area contributed by atoms with Crippen LogP contribution in [0.3, 0.4) is 0 Å². The zero-order valence-corrected chi connectivity index (χ0v) is 16.2. The number of aliphatic imine (C=N–C) groups is 2. The summed E-state index contributed by atoms with van der Waals surface area (Å²) in [5, 5.41) is 3.50. The van der Waals surface area contributed by atoms with Crippen LogP contribution in [0.2, 0.25) is 0 Å². The summed E-state index contributed by atoms with van der Waals surface area (Å²) in [6.07, 6.45) is 3.34. The number of hydrogen-bond donors (Lipinski definition) is 1. The standard InChI is InChI=1S/C20H28N4O2/c1-6-21-20-22-13(3)17-10-14(12-24(7-2)19(17)23-20)16-9-8-15(25-4)11-18(16)26-5/h8-9,11-12,17,19H,6-7,10H2,1-5H3,(H,21,23). The van der Waals surface area contributed by atoms with Crippen molar-refractivity contribution in [2.24, 2.45) is 15.9 Å². The molecule has 3 rings (SSSR count). The Labute approximate surface area is 155 Å².